The van der Waals surface area contributed by atoms with Crippen molar-refractivity contribution in [3.8, 4) is 0 Å². The van der Waals surface area contributed by atoms with Crippen LogP contribution in [-0.2, 0) is 23.3 Å². The Kier molecular flexibility index (Phi) is 11.4. The number of alkyl halides is 15. The minimum Gasteiger partial charge on any atom is -0.377 e. The normalized spacial score (nSPS) is 15.8. The van der Waals surface area contributed by atoms with E-state index in [9.17, 15) is 74.3 Å². The first-order valence-electron chi connectivity index (χ1n) is 10.1. The molecule has 0 spiro atoms. The van der Waals surface area contributed by atoms with Gasteiger partial charge in [-0.3, -0.25) is 0 Å². The molecule has 39 heavy (non-hydrogen) atoms. The molecule has 0 aromatic rings. The van der Waals surface area contributed by atoms with Crippen LogP contribution in [0.5, 0.6) is 0 Å². The fraction of sp³-hybridized carbons (Fsp3) is 1.00. The Labute approximate surface area is 212 Å². The van der Waals surface area contributed by atoms with Gasteiger partial charge in [0.25, 0.3) is 10.0 Å². The summed E-state index contributed by atoms with van der Waals surface area (Å²) in [4.78, 5) is 0. The van der Waals surface area contributed by atoms with Crippen LogP contribution in [-0.4, -0.2) is 97.0 Å². The summed E-state index contributed by atoms with van der Waals surface area (Å²) in [5, 5.41) is -7.45. The lowest BCUT2D eigenvalue weighted by Crippen LogP contribution is -2.73. The first kappa shape index (κ1) is 38.0. The highest BCUT2D eigenvalue weighted by molar-refractivity contribution is 7.90. The SMILES string of the molecule is CCCN(CCC[Si](OC)(OC)OC)S(=O)(=O)C(F)(F)C(F)(F)C(F)(F)C(F)(F)C(F)(F)C(F)(F)C(F)(F)F. The van der Waals surface area contributed by atoms with Gasteiger partial charge in [0.05, 0.1) is 0 Å². The van der Waals surface area contributed by atoms with Crippen molar-refractivity contribution in [1.29, 1.82) is 0 Å². The van der Waals surface area contributed by atoms with E-state index >= 15 is 0 Å². The standard InChI is InChI=1S/C16H22F15NO5SSi/c1-5-7-32(8-6-9-39(35-2,36-3)37-4)38(33,34)16(30,31)14(25,26)12(21,22)10(17,18)11(19,20)13(23,24)15(27,28)29/h5-9H2,1-4H3. The van der Waals surface area contributed by atoms with Crippen LogP contribution in [0.2, 0.25) is 6.04 Å². The number of sulfonamides is 1. The molecule has 0 aromatic carbocycles. The first-order chi connectivity index (χ1) is 17.1. The van der Waals surface area contributed by atoms with Crippen LogP contribution >= 0.6 is 0 Å². The van der Waals surface area contributed by atoms with Gasteiger partial charge in [-0.05, 0) is 12.8 Å². The lowest BCUT2D eigenvalue weighted by Gasteiger charge is -2.41. The van der Waals surface area contributed by atoms with Crippen molar-refractivity contribution < 1.29 is 87.6 Å². The molecular formula is C16H22F15NO5SSi. The van der Waals surface area contributed by atoms with Crippen LogP contribution in [0.3, 0.4) is 0 Å². The van der Waals surface area contributed by atoms with Gasteiger partial charge >= 0.3 is 49.8 Å². The number of rotatable bonds is 16. The van der Waals surface area contributed by atoms with Crippen LogP contribution in [0.25, 0.3) is 0 Å². The maximum absolute atomic E-state index is 14.4. The zero-order valence-electron chi connectivity index (χ0n) is 20.1. The maximum Gasteiger partial charge on any atom is 0.500 e. The summed E-state index contributed by atoms with van der Waals surface area (Å²) in [5.41, 5.74) is 0. The molecule has 0 bridgehead atoms. The van der Waals surface area contributed by atoms with Crippen LogP contribution in [0, 0.1) is 0 Å². The van der Waals surface area contributed by atoms with E-state index in [0.717, 1.165) is 28.3 Å². The molecule has 0 heterocycles. The summed E-state index contributed by atoms with van der Waals surface area (Å²) in [6.45, 7) is -1.39. The van der Waals surface area contributed by atoms with E-state index in [4.69, 9.17) is 13.3 Å². The Bertz CT molecular complexity index is 917. The van der Waals surface area contributed by atoms with E-state index in [1.165, 1.54) is 0 Å². The summed E-state index contributed by atoms with van der Waals surface area (Å²) in [5.74, 6) is -41.9. The Morgan fingerprint density at radius 1 is 0.615 bits per heavy atom. The van der Waals surface area contributed by atoms with Crippen LogP contribution < -0.4 is 0 Å². The van der Waals surface area contributed by atoms with E-state index in [0.29, 0.717) is 0 Å². The van der Waals surface area contributed by atoms with Gasteiger partial charge in [-0.25, -0.2) is 8.42 Å². The molecule has 0 unspecified atom stereocenters. The number of hydrogen-bond donors (Lipinski definition) is 0. The molecule has 23 heteroatoms. The minimum atomic E-state index is -8.59. The minimum absolute atomic E-state index is 0.429. The zero-order chi connectivity index (χ0) is 31.7. The smallest absolute Gasteiger partial charge is 0.377 e. The average Bonchev–Trinajstić information content (AvgIpc) is 2.79. The van der Waals surface area contributed by atoms with E-state index in [1.807, 2.05) is 0 Å². The van der Waals surface area contributed by atoms with Crippen molar-refractivity contribution in [2.24, 2.45) is 0 Å². The van der Waals surface area contributed by atoms with Crippen LogP contribution in [0.1, 0.15) is 19.8 Å². The van der Waals surface area contributed by atoms with E-state index in [-0.39, 0.29) is 0 Å². The van der Waals surface area contributed by atoms with E-state index in [2.05, 4.69) is 0 Å². The second-order valence-corrected chi connectivity index (χ2v) is 12.8. The lowest BCUT2D eigenvalue weighted by molar-refractivity contribution is -0.447. The van der Waals surface area contributed by atoms with Gasteiger partial charge in [0, 0.05) is 40.5 Å². The largest absolute Gasteiger partial charge is 0.500 e. The molecule has 0 aromatic heterocycles. The quantitative estimate of drug-likeness (QED) is 0.160. The Hall–Kier alpha value is -1.04. The highest BCUT2D eigenvalue weighted by Gasteiger charge is 2.94. The van der Waals surface area contributed by atoms with Crippen LogP contribution in [0.15, 0.2) is 0 Å². The molecule has 0 N–H and O–H groups in total. The third kappa shape index (κ3) is 5.97. The summed E-state index contributed by atoms with van der Waals surface area (Å²) >= 11 is 0. The number of halogens is 15. The van der Waals surface area contributed by atoms with Gasteiger partial charge in [0.1, 0.15) is 0 Å². The van der Waals surface area contributed by atoms with E-state index in [1.54, 1.807) is 0 Å². The molecule has 236 valence electrons. The average molecular weight is 653 g/mol. The zero-order valence-corrected chi connectivity index (χ0v) is 21.9. The number of nitrogens with zero attached hydrogens (tertiary/aromatic N) is 1. The van der Waals surface area contributed by atoms with Gasteiger partial charge in [-0.15, -0.1) is 0 Å². The fourth-order valence-corrected chi connectivity index (χ4v) is 6.18. The van der Waals surface area contributed by atoms with Crippen LogP contribution in [0.4, 0.5) is 65.9 Å². The fourth-order valence-electron chi connectivity index (χ4n) is 2.91. The van der Waals surface area contributed by atoms with Gasteiger partial charge < -0.3 is 13.3 Å². The summed E-state index contributed by atoms with van der Waals surface area (Å²) < 4.78 is 240. The molecular weight excluding hydrogens is 631 g/mol. The molecule has 0 aliphatic rings. The van der Waals surface area contributed by atoms with Crippen molar-refractivity contribution in [1.82, 2.24) is 4.31 Å². The third-order valence-electron chi connectivity index (χ3n) is 5.26. The van der Waals surface area contributed by atoms with Gasteiger partial charge in [0.15, 0.2) is 0 Å². The summed E-state index contributed by atoms with van der Waals surface area (Å²) in [6, 6.07) is -0.429. The first-order valence-corrected chi connectivity index (χ1v) is 13.5. The second-order valence-electron chi connectivity index (χ2n) is 7.69. The molecule has 0 aliphatic heterocycles. The van der Waals surface area contributed by atoms with Crippen molar-refractivity contribution in [3.63, 3.8) is 0 Å². The molecule has 0 radical (unpaired) electrons. The third-order valence-corrected chi connectivity index (χ3v) is 10.0. The topological polar surface area (TPSA) is 65.1 Å². The Morgan fingerprint density at radius 2 is 0.974 bits per heavy atom. The molecule has 0 aliphatic carbocycles. The summed E-state index contributed by atoms with van der Waals surface area (Å²) in [6.07, 6.45) is -8.92. The second kappa shape index (κ2) is 11.7. The molecule has 0 saturated heterocycles. The van der Waals surface area contributed by atoms with Gasteiger partial charge in [-0.2, -0.15) is 70.2 Å². The molecule has 0 saturated carbocycles. The molecule has 0 fully saturated rings. The number of hydrogen-bond acceptors (Lipinski definition) is 5. The highest BCUT2D eigenvalue weighted by atomic mass is 32.2. The van der Waals surface area contributed by atoms with Crippen molar-refractivity contribution in [3.05, 3.63) is 0 Å². The lowest BCUT2D eigenvalue weighted by atomic mass is 9.94. The molecule has 0 rings (SSSR count). The predicted octanol–water partition coefficient (Wildman–Crippen LogP) is 5.63. The Balaban J connectivity index is 6.66. The monoisotopic (exact) mass is 653 g/mol. The molecule has 0 atom stereocenters. The van der Waals surface area contributed by atoms with Crippen molar-refractivity contribution in [2.45, 2.75) is 66.9 Å². The predicted molar refractivity (Wildman–Crippen MR) is 103 cm³/mol. The highest BCUT2D eigenvalue weighted by Crippen LogP contribution is 2.63. The molecule has 0 amide bonds. The maximum atomic E-state index is 14.4. The van der Waals surface area contributed by atoms with Gasteiger partial charge in [-0.1, -0.05) is 6.92 Å². The van der Waals surface area contributed by atoms with Gasteiger partial charge in [0.2, 0.25) is 0 Å². The molecule has 6 nitrogen and oxygen atoms in total. The Morgan fingerprint density at radius 3 is 1.31 bits per heavy atom. The summed E-state index contributed by atoms with van der Waals surface area (Å²) in [7, 11) is -7.71. The van der Waals surface area contributed by atoms with E-state index < -0.39 is 96.2 Å². The van der Waals surface area contributed by atoms with Crippen molar-refractivity contribution in [2.75, 3.05) is 34.4 Å². The van der Waals surface area contributed by atoms with Crippen molar-refractivity contribution >= 4 is 18.8 Å².